The second-order valence-electron chi connectivity index (χ2n) is 4.76. The first-order valence-corrected chi connectivity index (χ1v) is 6.16. The molecule has 0 radical (unpaired) electrons. The van der Waals surface area contributed by atoms with Crippen molar-refractivity contribution < 1.29 is 19.8 Å². The zero-order valence-electron chi connectivity index (χ0n) is 11.8. The molecular weight excluding hydrogens is 278 g/mol. The Kier molecular flexibility index (Phi) is 3.46. The highest BCUT2D eigenvalue weighted by atomic mass is 16.4. The summed E-state index contributed by atoms with van der Waals surface area (Å²) in [5, 5.41) is 20.9. The molecule has 0 bridgehead atoms. The number of aromatic nitrogens is 2. The summed E-state index contributed by atoms with van der Waals surface area (Å²) in [6, 6.07) is 1.77. The molecule has 0 fully saturated rings. The summed E-state index contributed by atoms with van der Waals surface area (Å²) in [7, 11) is 1.47. The van der Waals surface area contributed by atoms with Crippen LogP contribution >= 0.6 is 0 Å². The number of hydrogen-bond donors (Lipinski definition) is 3. The van der Waals surface area contributed by atoms with Gasteiger partial charge >= 0.3 is 5.97 Å². The number of nitrogens with zero attached hydrogens (tertiary/aromatic N) is 2. The molecule has 0 unspecified atom stereocenters. The SMILES string of the molecule is Cc1cc(C)n2c1c(O)c(C(=O)NCC(=O)O)c(=O)n2C. The fourth-order valence-corrected chi connectivity index (χ4v) is 2.38. The maximum atomic E-state index is 12.2. The molecule has 0 saturated heterocycles. The third-order valence-electron chi connectivity index (χ3n) is 3.24. The van der Waals surface area contributed by atoms with Crippen molar-refractivity contribution in [2.24, 2.45) is 7.05 Å². The van der Waals surface area contributed by atoms with Crippen LogP contribution in [-0.4, -0.2) is 37.8 Å². The molecule has 0 aliphatic carbocycles. The molecule has 0 atom stereocenters. The second kappa shape index (κ2) is 4.97. The lowest BCUT2D eigenvalue weighted by Crippen LogP contribution is -2.36. The van der Waals surface area contributed by atoms with Crippen LogP contribution in [0.4, 0.5) is 0 Å². The van der Waals surface area contributed by atoms with E-state index in [9.17, 15) is 19.5 Å². The van der Waals surface area contributed by atoms with Crippen LogP contribution in [-0.2, 0) is 11.8 Å². The predicted molar refractivity (Wildman–Crippen MR) is 73.7 cm³/mol. The van der Waals surface area contributed by atoms with Crippen LogP contribution in [0.2, 0.25) is 0 Å². The number of carbonyl (C=O) groups is 2. The van der Waals surface area contributed by atoms with Gasteiger partial charge in [-0.25, -0.2) is 4.68 Å². The smallest absolute Gasteiger partial charge is 0.322 e. The van der Waals surface area contributed by atoms with Crippen LogP contribution in [0.3, 0.4) is 0 Å². The van der Waals surface area contributed by atoms with Crippen molar-refractivity contribution in [2.45, 2.75) is 13.8 Å². The second-order valence-corrected chi connectivity index (χ2v) is 4.76. The minimum Gasteiger partial charge on any atom is -0.505 e. The summed E-state index contributed by atoms with van der Waals surface area (Å²) < 4.78 is 2.70. The first kappa shape index (κ1) is 14.6. The van der Waals surface area contributed by atoms with E-state index >= 15 is 0 Å². The van der Waals surface area contributed by atoms with Gasteiger partial charge in [-0.15, -0.1) is 0 Å². The van der Waals surface area contributed by atoms with Crippen molar-refractivity contribution in [1.82, 2.24) is 14.5 Å². The number of aryl methyl sites for hydroxylation is 3. The fraction of sp³-hybridized carbons (Fsp3) is 0.308. The maximum Gasteiger partial charge on any atom is 0.322 e. The maximum absolute atomic E-state index is 12.2. The molecule has 2 aromatic heterocycles. The number of fused-ring (bicyclic) bond motifs is 1. The third kappa shape index (κ3) is 2.24. The molecule has 21 heavy (non-hydrogen) atoms. The number of amides is 1. The van der Waals surface area contributed by atoms with E-state index in [0.29, 0.717) is 11.1 Å². The van der Waals surface area contributed by atoms with Crippen LogP contribution in [0.1, 0.15) is 21.6 Å². The number of aromatic hydroxyl groups is 1. The van der Waals surface area contributed by atoms with E-state index in [-0.39, 0.29) is 0 Å². The number of carboxylic acids is 1. The monoisotopic (exact) mass is 293 g/mol. The number of aliphatic carboxylic acids is 1. The van der Waals surface area contributed by atoms with Gasteiger partial charge in [-0.1, -0.05) is 0 Å². The van der Waals surface area contributed by atoms with Crippen molar-refractivity contribution in [3.63, 3.8) is 0 Å². The van der Waals surface area contributed by atoms with E-state index in [4.69, 9.17) is 5.11 Å². The molecule has 3 N–H and O–H groups in total. The van der Waals surface area contributed by atoms with Crippen LogP contribution in [0.15, 0.2) is 10.9 Å². The molecule has 0 spiro atoms. The molecule has 1 amide bonds. The van der Waals surface area contributed by atoms with Crippen molar-refractivity contribution in [2.75, 3.05) is 6.54 Å². The molecule has 2 heterocycles. The van der Waals surface area contributed by atoms with Gasteiger partial charge in [0.25, 0.3) is 11.5 Å². The zero-order valence-corrected chi connectivity index (χ0v) is 11.8. The van der Waals surface area contributed by atoms with E-state index in [0.717, 1.165) is 5.69 Å². The molecule has 0 aromatic carbocycles. The first-order valence-electron chi connectivity index (χ1n) is 6.16. The summed E-state index contributed by atoms with van der Waals surface area (Å²) in [6.45, 7) is 2.88. The summed E-state index contributed by atoms with van der Waals surface area (Å²) >= 11 is 0. The Labute approximate surface area is 119 Å². The van der Waals surface area contributed by atoms with Crippen LogP contribution < -0.4 is 10.9 Å². The van der Waals surface area contributed by atoms with Gasteiger partial charge in [-0.05, 0) is 25.5 Å². The van der Waals surface area contributed by atoms with E-state index in [1.165, 1.54) is 16.2 Å². The molecule has 2 rings (SSSR count). The first-order chi connectivity index (χ1) is 9.75. The van der Waals surface area contributed by atoms with Gasteiger partial charge in [0.15, 0.2) is 5.75 Å². The third-order valence-corrected chi connectivity index (χ3v) is 3.24. The van der Waals surface area contributed by atoms with Gasteiger partial charge in [0.1, 0.15) is 17.6 Å². The van der Waals surface area contributed by atoms with Crippen LogP contribution in [0, 0.1) is 13.8 Å². The highest BCUT2D eigenvalue weighted by molar-refractivity contribution is 6.00. The molecular formula is C13H15N3O5. The van der Waals surface area contributed by atoms with E-state index in [2.05, 4.69) is 5.32 Å². The number of carboxylic acid groups (broad SMARTS) is 1. The van der Waals surface area contributed by atoms with Gasteiger partial charge in [-0.2, -0.15) is 0 Å². The lowest BCUT2D eigenvalue weighted by molar-refractivity contribution is -0.135. The van der Waals surface area contributed by atoms with Gasteiger partial charge in [0, 0.05) is 12.7 Å². The topological polar surface area (TPSA) is 113 Å². The molecule has 0 aliphatic rings. The van der Waals surface area contributed by atoms with Crippen molar-refractivity contribution in [3.8, 4) is 5.75 Å². The lowest BCUT2D eigenvalue weighted by Gasteiger charge is -2.12. The molecule has 8 nitrogen and oxygen atoms in total. The molecule has 0 aliphatic heterocycles. The van der Waals surface area contributed by atoms with Gasteiger partial charge in [0.05, 0.1) is 0 Å². The van der Waals surface area contributed by atoms with Gasteiger partial charge in [-0.3, -0.25) is 18.9 Å². The highest BCUT2D eigenvalue weighted by Gasteiger charge is 2.23. The number of carbonyl (C=O) groups excluding carboxylic acids is 1. The summed E-state index contributed by atoms with van der Waals surface area (Å²) in [6.07, 6.45) is 0. The average Bonchev–Trinajstić information content (AvgIpc) is 2.69. The molecule has 2 aromatic rings. The largest absolute Gasteiger partial charge is 0.505 e. The number of rotatable bonds is 3. The Balaban J connectivity index is 2.71. The summed E-state index contributed by atoms with van der Waals surface area (Å²) in [5.74, 6) is -2.61. The quantitative estimate of drug-likeness (QED) is 0.724. The molecule has 112 valence electrons. The predicted octanol–water partition coefficient (Wildman–Crippen LogP) is -0.225. The standard InChI is InChI=1S/C13H15N3O5/c1-6-4-7(2)16-10(6)11(19)9(13(21)15(16)3)12(20)14-5-8(17)18/h4,19H,5H2,1-3H3,(H,14,20)(H,17,18). The van der Waals surface area contributed by atoms with E-state index in [1.807, 2.05) is 0 Å². The molecule has 0 saturated carbocycles. The highest BCUT2D eigenvalue weighted by Crippen LogP contribution is 2.26. The Hall–Kier alpha value is -2.77. The number of nitrogens with one attached hydrogen (secondary N) is 1. The average molecular weight is 293 g/mol. The number of hydrogen-bond acceptors (Lipinski definition) is 4. The van der Waals surface area contributed by atoms with Crippen LogP contribution in [0.5, 0.6) is 5.75 Å². The summed E-state index contributed by atoms with van der Waals surface area (Å²) in [5.41, 5.74) is 0.604. The van der Waals surface area contributed by atoms with Crippen molar-refractivity contribution in [1.29, 1.82) is 0 Å². The lowest BCUT2D eigenvalue weighted by atomic mass is 10.2. The van der Waals surface area contributed by atoms with Crippen molar-refractivity contribution >= 4 is 17.4 Å². The Bertz CT molecular complexity index is 816. The Morgan fingerprint density at radius 2 is 1.95 bits per heavy atom. The minimum atomic E-state index is -1.24. The zero-order chi connectivity index (χ0) is 15.9. The minimum absolute atomic E-state index is 0.343. The van der Waals surface area contributed by atoms with Gasteiger partial charge in [0.2, 0.25) is 0 Å². The normalized spacial score (nSPS) is 10.8. The van der Waals surface area contributed by atoms with Crippen molar-refractivity contribution in [3.05, 3.63) is 33.2 Å². The fourth-order valence-electron chi connectivity index (χ4n) is 2.38. The van der Waals surface area contributed by atoms with Crippen LogP contribution in [0.25, 0.3) is 5.52 Å². The Morgan fingerprint density at radius 3 is 2.52 bits per heavy atom. The Morgan fingerprint density at radius 1 is 1.33 bits per heavy atom. The summed E-state index contributed by atoms with van der Waals surface area (Å²) in [4.78, 5) is 34.6. The van der Waals surface area contributed by atoms with E-state index in [1.54, 1.807) is 19.9 Å². The molecule has 8 heteroatoms. The van der Waals surface area contributed by atoms with Gasteiger partial charge < -0.3 is 15.5 Å². The van der Waals surface area contributed by atoms with E-state index < -0.39 is 35.3 Å².